The van der Waals surface area contributed by atoms with Gasteiger partial charge in [-0.2, -0.15) is 0 Å². The predicted molar refractivity (Wildman–Crippen MR) is 94.0 cm³/mol. The van der Waals surface area contributed by atoms with Crippen LogP contribution in [0.4, 0.5) is 8.78 Å². The molecule has 138 valence electrons. The van der Waals surface area contributed by atoms with Gasteiger partial charge >= 0.3 is 5.97 Å². The number of esters is 1. The van der Waals surface area contributed by atoms with Crippen molar-refractivity contribution in [1.29, 1.82) is 0 Å². The second kappa shape index (κ2) is 7.49. The Labute approximate surface area is 153 Å². The molecule has 0 saturated carbocycles. The highest BCUT2D eigenvalue weighted by molar-refractivity contribution is 6.00. The molecule has 0 atom stereocenters. The number of halogens is 2. The quantitative estimate of drug-likeness (QED) is 0.503. The number of methoxy groups -OCH3 is 1. The molecule has 0 aliphatic heterocycles. The molecule has 3 aromatic rings. The highest BCUT2D eigenvalue weighted by atomic mass is 19.1. The number of aromatic nitrogens is 1. The Balaban J connectivity index is 1.78. The van der Waals surface area contributed by atoms with E-state index in [0.29, 0.717) is 22.3 Å². The number of hydrogen-bond acceptors (Lipinski definition) is 5. The molecule has 27 heavy (non-hydrogen) atoms. The first-order valence-electron chi connectivity index (χ1n) is 8.00. The minimum atomic E-state index is -0.880. The van der Waals surface area contributed by atoms with Crippen LogP contribution < -0.4 is 4.74 Å². The number of hydrogen-bond donors (Lipinski definition) is 0. The number of fused-ring (bicyclic) bond motifs is 1. The van der Waals surface area contributed by atoms with Gasteiger partial charge in [0.15, 0.2) is 6.61 Å². The monoisotopic (exact) mass is 371 g/mol. The van der Waals surface area contributed by atoms with Gasteiger partial charge in [0, 0.05) is 11.5 Å². The Morgan fingerprint density at radius 2 is 1.81 bits per heavy atom. The van der Waals surface area contributed by atoms with Gasteiger partial charge in [0.1, 0.15) is 17.4 Å². The van der Waals surface area contributed by atoms with E-state index >= 15 is 0 Å². The average molecular weight is 371 g/mol. The van der Waals surface area contributed by atoms with E-state index in [2.05, 4.69) is 4.98 Å². The summed E-state index contributed by atoms with van der Waals surface area (Å²) in [5, 5.41) is 0.691. The second-order valence-corrected chi connectivity index (χ2v) is 5.80. The molecule has 1 heterocycles. The standard InChI is InChI=1S/C20H15F2NO4/c1-11-15(7-12-3-5-14(26-2)9-18(12)23-11)20(25)27-10-19(24)16-8-13(21)4-6-17(16)22/h3-9H,10H2,1-2H3. The van der Waals surface area contributed by atoms with Crippen molar-refractivity contribution >= 4 is 22.7 Å². The molecule has 7 heteroatoms. The number of ketones is 1. The number of nitrogens with zero attached hydrogens (tertiary/aromatic N) is 1. The third-order valence-electron chi connectivity index (χ3n) is 4.00. The number of Topliss-reactive ketones (excluding diaryl/α,β-unsaturated/α-hetero) is 1. The van der Waals surface area contributed by atoms with E-state index in [9.17, 15) is 18.4 Å². The number of benzene rings is 2. The zero-order valence-corrected chi connectivity index (χ0v) is 14.6. The fourth-order valence-electron chi connectivity index (χ4n) is 2.57. The minimum Gasteiger partial charge on any atom is -0.497 e. The summed E-state index contributed by atoms with van der Waals surface area (Å²) >= 11 is 0. The molecular formula is C20H15F2NO4. The van der Waals surface area contributed by atoms with Crippen LogP contribution in [0.1, 0.15) is 26.4 Å². The van der Waals surface area contributed by atoms with Crippen LogP contribution >= 0.6 is 0 Å². The summed E-state index contributed by atoms with van der Waals surface area (Å²) in [4.78, 5) is 28.7. The molecule has 5 nitrogen and oxygen atoms in total. The van der Waals surface area contributed by atoms with Crippen molar-refractivity contribution in [2.75, 3.05) is 13.7 Å². The fraction of sp³-hybridized carbons (Fsp3) is 0.150. The van der Waals surface area contributed by atoms with Crippen LogP contribution in [0.2, 0.25) is 0 Å². The maximum atomic E-state index is 13.6. The number of aryl methyl sites for hydroxylation is 1. The highest BCUT2D eigenvalue weighted by Crippen LogP contribution is 2.22. The van der Waals surface area contributed by atoms with Crippen LogP contribution in [-0.2, 0) is 4.74 Å². The number of carbonyl (C=O) groups excluding carboxylic acids is 2. The molecule has 0 unspecified atom stereocenters. The SMILES string of the molecule is COc1ccc2cc(C(=O)OCC(=O)c3cc(F)ccc3F)c(C)nc2c1. The summed E-state index contributed by atoms with van der Waals surface area (Å²) in [6.07, 6.45) is 0. The molecule has 0 saturated heterocycles. The van der Waals surface area contributed by atoms with Gasteiger partial charge in [0.2, 0.25) is 5.78 Å². The molecule has 0 bridgehead atoms. The van der Waals surface area contributed by atoms with Crippen LogP contribution in [0.3, 0.4) is 0 Å². The molecule has 0 spiro atoms. The van der Waals surface area contributed by atoms with Crippen molar-refractivity contribution in [3.8, 4) is 5.75 Å². The van der Waals surface area contributed by atoms with E-state index in [1.54, 1.807) is 31.2 Å². The van der Waals surface area contributed by atoms with Gasteiger partial charge in [-0.15, -0.1) is 0 Å². The van der Waals surface area contributed by atoms with E-state index in [1.165, 1.54) is 7.11 Å². The van der Waals surface area contributed by atoms with Crippen molar-refractivity contribution in [2.24, 2.45) is 0 Å². The van der Waals surface area contributed by atoms with Gasteiger partial charge in [0.25, 0.3) is 0 Å². The number of ether oxygens (including phenoxy) is 2. The number of carbonyl (C=O) groups is 2. The smallest absolute Gasteiger partial charge is 0.340 e. The lowest BCUT2D eigenvalue weighted by Crippen LogP contribution is -2.16. The summed E-state index contributed by atoms with van der Waals surface area (Å²) < 4.78 is 36.9. The van der Waals surface area contributed by atoms with Gasteiger partial charge in [0.05, 0.1) is 29.4 Å². The fourth-order valence-corrected chi connectivity index (χ4v) is 2.57. The lowest BCUT2D eigenvalue weighted by molar-refractivity contribution is 0.0472. The molecule has 3 rings (SSSR count). The molecule has 0 amide bonds. The topological polar surface area (TPSA) is 65.5 Å². The minimum absolute atomic E-state index is 0.181. The largest absolute Gasteiger partial charge is 0.497 e. The summed E-state index contributed by atoms with van der Waals surface area (Å²) in [7, 11) is 1.54. The lowest BCUT2D eigenvalue weighted by atomic mass is 10.1. The first-order valence-corrected chi connectivity index (χ1v) is 8.00. The molecule has 1 aromatic heterocycles. The molecular weight excluding hydrogens is 356 g/mol. The highest BCUT2D eigenvalue weighted by Gasteiger charge is 2.18. The first-order chi connectivity index (χ1) is 12.9. The maximum Gasteiger partial charge on any atom is 0.340 e. The van der Waals surface area contributed by atoms with Crippen molar-refractivity contribution in [3.05, 3.63) is 70.9 Å². The van der Waals surface area contributed by atoms with E-state index < -0.39 is 35.6 Å². The van der Waals surface area contributed by atoms with Crippen LogP contribution in [0, 0.1) is 18.6 Å². The van der Waals surface area contributed by atoms with E-state index in [0.717, 1.165) is 18.2 Å². The second-order valence-electron chi connectivity index (χ2n) is 5.80. The van der Waals surface area contributed by atoms with Crippen molar-refractivity contribution in [2.45, 2.75) is 6.92 Å². The summed E-state index contributed by atoms with van der Waals surface area (Å²) in [6.45, 7) is 0.920. The normalized spacial score (nSPS) is 10.7. The van der Waals surface area contributed by atoms with E-state index in [-0.39, 0.29) is 5.56 Å². The number of pyridine rings is 1. The molecule has 0 aliphatic rings. The van der Waals surface area contributed by atoms with Crippen molar-refractivity contribution in [3.63, 3.8) is 0 Å². The van der Waals surface area contributed by atoms with E-state index in [1.807, 2.05) is 0 Å². The van der Waals surface area contributed by atoms with Crippen LogP contribution in [0.25, 0.3) is 10.9 Å². The first kappa shape index (κ1) is 18.4. The maximum absolute atomic E-state index is 13.6. The Morgan fingerprint density at radius 3 is 2.56 bits per heavy atom. The Hall–Kier alpha value is -3.35. The third-order valence-corrected chi connectivity index (χ3v) is 4.00. The lowest BCUT2D eigenvalue weighted by Gasteiger charge is -2.09. The van der Waals surface area contributed by atoms with Gasteiger partial charge in [-0.25, -0.2) is 13.6 Å². The Morgan fingerprint density at radius 1 is 1.04 bits per heavy atom. The average Bonchev–Trinajstić information content (AvgIpc) is 2.66. The molecule has 0 fully saturated rings. The van der Waals surface area contributed by atoms with Crippen molar-refractivity contribution in [1.82, 2.24) is 4.98 Å². The van der Waals surface area contributed by atoms with Crippen molar-refractivity contribution < 1.29 is 27.8 Å². The van der Waals surface area contributed by atoms with E-state index in [4.69, 9.17) is 9.47 Å². The van der Waals surface area contributed by atoms with Gasteiger partial charge in [-0.05, 0) is 43.3 Å². The van der Waals surface area contributed by atoms with Crippen LogP contribution in [0.5, 0.6) is 5.75 Å². The zero-order valence-electron chi connectivity index (χ0n) is 14.6. The summed E-state index contributed by atoms with van der Waals surface area (Å²) in [6, 6.07) is 9.30. The van der Waals surface area contributed by atoms with Gasteiger partial charge in [-0.3, -0.25) is 9.78 Å². The summed E-state index contributed by atoms with van der Waals surface area (Å²) in [5.74, 6) is -2.61. The zero-order chi connectivity index (χ0) is 19.6. The number of rotatable bonds is 5. The molecule has 0 radical (unpaired) electrons. The Kier molecular flexibility index (Phi) is 5.12. The van der Waals surface area contributed by atoms with Crippen LogP contribution in [-0.4, -0.2) is 30.5 Å². The van der Waals surface area contributed by atoms with Gasteiger partial charge < -0.3 is 9.47 Å². The molecule has 2 aromatic carbocycles. The van der Waals surface area contributed by atoms with Crippen LogP contribution in [0.15, 0.2) is 42.5 Å². The predicted octanol–water partition coefficient (Wildman–Crippen LogP) is 3.87. The summed E-state index contributed by atoms with van der Waals surface area (Å²) in [5.41, 5.74) is 0.759. The Bertz CT molecular complexity index is 1050. The molecule has 0 aliphatic carbocycles. The van der Waals surface area contributed by atoms with Gasteiger partial charge in [-0.1, -0.05) is 0 Å². The third kappa shape index (κ3) is 3.92. The molecule has 0 N–H and O–H groups in total.